The van der Waals surface area contributed by atoms with Crippen LogP contribution in [0.4, 0.5) is 17.6 Å². The fraction of sp³-hybridized carbons (Fsp3) is 0.407. The van der Waals surface area contributed by atoms with E-state index in [-0.39, 0.29) is 67.0 Å². The number of halogens is 4. The number of alkyl halides is 3. The Morgan fingerprint density at radius 3 is 2.27 bits per heavy atom. The number of carbonyl (C=O) groups is 2. The summed E-state index contributed by atoms with van der Waals surface area (Å²) in [4.78, 5) is 27.3. The molecule has 2 heterocycles. The number of pyridine rings is 1. The van der Waals surface area contributed by atoms with Crippen LogP contribution in [0, 0.1) is 5.82 Å². The number of benzene rings is 1. The van der Waals surface area contributed by atoms with Crippen molar-refractivity contribution in [1.82, 2.24) is 20.1 Å². The van der Waals surface area contributed by atoms with Gasteiger partial charge in [0, 0.05) is 36.4 Å². The predicted octanol–water partition coefficient (Wildman–Crippen LogP) is -0.333. The monoisotopic (exact) mass is 588 g/mol. The molecule has 1 aromatic carbocycles. The molecule has 9 nitrogen and oxygen atoms in total. The Kier molecular flexibility index (Phi) is 12.5. The number of carboxylic acid groups (broad SMARTS) is 1. The summed E-state index contributed by atoms with van der Waals surface area (Å²) in [6.45, 7) is 3.54. The Morgan fingerprint density at radius 2 is 1.73 bits per heavy atom. The van der Waals surface area contributed by atoms with Crippen molar-refractivity contribution in [2.45, 2.75) is 70.4 Å². The molecule has 0 saturated carbocycles. The predicted molar refractivity (Wildman–Crippen MR) is 133 cm³/mol. The molecule has 0 spiro atoms. The van der Waals surface area contributed by atoms with Gasteiger partial charge in [0.1, 0.15) is 11.5 Å². The molecule has 0 aliphatic heterocycles. The number of carbonyl (C=O) groups excluding carboxylic acids is 2. The molecule has 3 N–H and O–H groups in total. The van der Waals surface area contributed by atoms with Crippen LogP contribution < -0.4 is 40.0 Å². The molecule has 3 rings (SSSR count). The Hall–Kier alpha value is -2.84. The first-order chi connectivity index (χ1) is 18.8. The molecular formula is C27H29F4N4NaO5. The van der Waals surface area contributed by atoms with E-state index in [0.717, 1.165) is 12.3 Å². The standard InChI is InChI=1S/C27H30F4N4O5.Na/c1-15(2)24-21(9-8-19(36)11-20(37)12-23(38)39)35(18-6-4-17(28)5-7-18)34-25(24)26(40)33-14-16-3-10-22(32-13-16)27(29,30)31;/h3-7,10,13,15,19-20,36-37H,8-9,11-12,14H2,1-2H3,(H,33,40)(H,38,39);/q;+1/p-1/t19-,20-;/m1./s1. The first kappa shape index (κ1) is 34.4. The fourth-order valence-corrected chi connectivity index (χ4v) is 4.25. The summed E-state index contributed by atoms with van der Waals surface area (Å²) in [7, 11) is 0. The third-order valence-electron chi connectivity index (χ3n) is 6.11. The molecule has 2 atom stereocenters. The minimum atomic E-state index is -4.59. The van der Waals surface area contributed by atoms with Crippen LogP contribution in [-0.2, 0) is 23.9 Å². The van der Waals surface area contributed by atoms with E-state index in [1.807, 2.05) is 13.8 Å². The van der Waals surface area contributed by atoms with E-state index >= 15 is 0 Å². The zero-order valence-corrected chi connectivity index (χ0v) is 24.8. The number of nitrogens with zero attached hydrogens (tertiary/aromatic N) is 3. The zero-order chi connectivity index (χ0) is 29.6. The van der Waals surface area contributed by atoms with Crippen LogP contribution in [0.2, 0.25) is 0 Å². The smallest absolute Gasteiger partial charge is 0.550 e. The van der Waals surface area contributed by atoms with E-state index < -0.39 is 48.2 Å². The summed E-state index contributed by atoms with van der Waals surface area (Å²) in [6, 6.07) is 7.39. The Labute approximate surface area is 255 Å². The molecular weight excluding hydrogens is 559 g/mol. The Balaban J connectivity index is 0.00000588. The van der Waals surface area contributed by atoms with Crippen LogP contribution in [0.3, 0.4) is 0 Å². The van der Waals surface area contributed by atoms with E-state index in [4.69, 9.17) is 0 Å². The maximum Gasteiger partial charge on any atom is 1.00 e. The van der Waals surface area contributed by atoms with Gasteiger partial charge in [-0.3, -0.25) is 9.78 Å². The molecule has 2 aromatic heterocycles. The molecule has 0 bridgehead atoms. The fourth-order valence-electron chi connectivity index (χ4n) is 4.25. The molecule has 0 saturated heterocycles. The molecule has 0 aliphatic carbocycles. The van der Waals surface area contributed by atoms with E-state index in [1.165, 1.54) is 35.0 Å². The summed E-state index contributed by atoms with van der Waals surface area (Å²) >= 11 is 0. The van der Waals surface area contributed by atoms with Crippen LogP contribution >= 0.6 is 0 Å². The molecule has 0 aliphatic rings. The van der Waals surface area contributed by atoms with Crippen LogP contribution in [-0.4, -0.2) is 49.1 Å². The number of aliphatic hydroxyl groups is 2. The first-order valence-electron chi connectivity index (χ1n) is 12.5. The number of rotatable bonds is 12. The maximum atomic E-state index is 13.6. The quantitative estimate of drug-likeness (QED) is 0.194. The van der Waals surface area contributed by atoms with Crippen molar-refractivity contribution in [3.63, 3.8) is 0 Å². The minimum Gasteiger partial charge on any atom is -0.550 e. The van der Waals surface area contributed by atoms with Crippen molar-refractivity contribution in [2.24, 2.45) is 0 Å². The van der Waals surface area contributed by atoms with Crippen molar-refractivity contribution in [2.75, 3.05) is 0 Å². The molecule has 0 unspecified atom stereocenters. The normalized spacial score (nSPS) is 13.0. The van der Waals surface area contributed by atoms with Crippen molar-refractivity contribution in [3.05, 3.63) is 76.6 Å². The summed E-state index contributed by atoms with van der Waals surface area (Å²) < 4.78 is 53.4. The zero-order valence-electron chi connectivity index (χ0n) is 22.8. The summed E-state index contributed by atoms with van der Waals surface area (Å²) in [5.41, 5.74) is 0.841. The number of aliphatic hydroxyl groups excluding tert-OH is 2. The van der Waals surface area contributed by atoms with E-state index in [9.17, 15) is 42.5 Å². The average molecular weight is 589 g/mol. The SMILES string of the molecule is CC(C)c1c(C(=O)NCc2ccc(C(F)(F)F)nc2)nn(-c2ccc(F)cc2)c1CC[C@@H](O)C[C@@H](O)CC(=O)[O-].[Na+]. The van der Waals surface area contributed by atoms with E-state index in [1.54, 1.807) is 0 Å². The van der Waals surface area contributed by atoms with Gasteiger partial charge in [-0.1, -0.05) is 19.9 Å². The summed E-state index contributed by atoms with van der Waals surface area (Å²) in [5, 5.41) is 38.0. The van der Waals surface area contributed by atoms with Gasteiger partial charge in [-0.15, -0.1) is 0 Å². The van der Waals surface area contributed by atoms with Gasteiger partial charge in [0.25, 0.3) is 5.91 Å². The van der Waals surface area contributed by atoms with Crippen LogP contribution in [0.25, 0.3) is 5.69 Å². The third kappa shape index (κ3) is 9.60. The molecule has 41 heavy (non-hydrogen) atoms. The van der Waals surface area contributed by atoms with E-state index in [0.29, 0.717) is 22.5 Å². The number of aliphatic carboxylic acids is 1. The molecule has 14 heteroatoms. The number of amides is 1. The topological polar surface area (TPSA) is 140 Å². The largest absolute Gasteiger partial charge is 1.00 e. The third-order valence-corrected chi connectivity index (χ3v) is 6.11. The molecule has 3 aromatic rings. The summed E-state index contributed by atoms with van der Waals surface area (Å²) in [6.07, 6.45) is -6.50. The first-order valence-corrected chi connectivity index (χ1v) is 12.5. The van der Waals surface area contributed by atoms with Crippen molar-refractivity contribution in [1.29, 1.82) is 0 Å². The second-order valence-electron chi connectivity index (χ2n) is 9.64. The summed E-state index contributed by atoms with van der Waals surface area (Å²) in [5.74, 6) is -2.77. The van der Waals surface area contributed by atoms with Gasteiger partial charge in [-0.05, 0) is 61.1 Å². The number of hydrogen-bond acceptors (Lipinski definition) is 7. The Morgan fingerprint density at radius 1 is 1.07 bits per heavy atom. The van der Waals surface area contributed by atoms with Crippen molar-refractivity contribution >= 4 is 11.9 Å². The van der Waals surface area contributed by atoms with Gasteiger partial charge >= 0.3 is 35.7 Å². The number of nitrogens with one attached hydrogen (secondary N) is 1. The van der Waals surface area contributed by atoms with Crippen molar-refractivity contribution in [3.8, 4) is 5.69 Å². The van der Waals surface area contributed by atoms with Gasteiger partial charge in [-0.2, -0.15) is 18.3 Å². The molecule has 0 fully saturated rings. The second kappa shape index (κ2) is 14.9. The van der Waals surface area contributed by atoms with Crippen molar-refractivity contribution < 1.29 is 72.0 Å². The van der Waals surface area contributed by atoms with Gasteiger partial charge in [-0.25, -0.2) is 9.07 Å². The average Bonchev–Trinajstić information content (AvgIpc) is 3.25. The van der Waals surface area contributed by atoms with Crippen LogP contribution in [0.1, 0.15) is 72.0 Å². The van der Waals surface area contributed by atoms with Crippen LogP contribution in [0.15, 0.2) is 42.6 Å². The van der Waals surface area contributed by atoms with E-state index in [2.05, 4.69) is 15.4 Å². The second-order valence-corrected chi connectivity index (χ2v) is 9.64. The minimum absolute atomic E-state index is 0. The number of hydrogen-bond donors (Lipinski definition) is 3. The van der Waals surface area contributed by atoms with Gasteiger partial charge in [0.15, 0.2) is 5.69 Å². The number of aromatic nitrogens is 3. The van der Waals surface area contributed by atoms with Gasteiger partial charge < -0.3 is 25.4 Å². The Bertz CT molecular complexity index is 1310. The van der Waals surface area contributed by atoms with Gasteiger partial charge in [0.05, 0.1) is 17.9 Å². The molecule has 1 amide bonds. The molecule has 0 radical (unpaired) electrons. The maximum absolute atomic E-state index is 13.6. The van der Waals surface area contributed by atoms with Crippen LogP contribution in [0.5, 0.6) is 0 Å². The number of carboxylic acids is 1. The van der Waals surface area contributed by atoms with Gasteiger partial charge in [0.2, 0.25) is 0 Å². The molecule has 216 valence electrons.